The molecule has 0 bridgehead atoms. The third-order valence-corrected chi connectivity index (χ3v) is 3.24. The van der Waals surface area contributed by atoms with Gasteiger partial charge in [0.25, 0.3) is 5.92 Å². The summed E-state index contributed by atoms with van der Waals surface area (Å²) >= 11 is 5.58. The van der Waals surface area contributed by atoms with Crippen LogP contribution in [-0.2, 0) is 10.2 Å². The van der Waals surface area contributed by atoms with Gasteiger partial charge in [0, 0.05) is 17.0 Å². The molecule has 1 aliphatic carbocycles. The first-order chi connectivity index (χ1) is 8.26. The third kappa shape index (κ3) is 1.55. The number of carboxylic acid groups (broad SMARTS) is 1. The molecule has 0 aromatic heterocycles. The van der Waals surface area contributed by atoms with E-state index >= 15 is 0 Å². The molecule has 7 heteroatoms. The number of rotatable bonds is 3. The lowest BCUT2D eigenvalue weighted by atomic mass is 9.94. The zero-order chi connectivity index (χ0) is 13.7. The molecule has 0 radical (unpaired) electrons. The molecule has 0 aliphatic heterocycles. The molecule has 1 aromatic carbocycles. The van der Waals surface area contributed by atoms with Crippen LogP contribution in [0.5, 0.6) is 5.75 Å². The number of hydrogen-bond donors (Lipinski definition) is 1. The number of aliphatic carboxylic acids is 1. The lowest BCUT2D eigenvalue weighted by Gasteiger charge is -2.16. The van der Waals surface area contributed by atoms with Crippen LogP contribution in [0.1, 0.15) is 12.0 Å². The largest absolute Gasteiger partial charge is 0.493 e. The number of carboxylic acids is 1. The highest BCUT2D eigenvalue weighted by atomic mass is 35.5. The average Bonchev–Trinajstić information content (AvgIpc) is 2.82. The standard InChI is InChI=1S/C11H8ClF3O3/c1-18-8-6(2-5(12)3-7(8)13)10(9(16)17)4-11(10,14)15/h2-3H,4H2,1H3,(H,16,17). The molecule has 1 aromatic rings. The first kappa shape index (κ1) is 13.0. The molecule has 98 valence electrons. The second-order valence-corrected chi connectivity index (χ2v) is 4.50. The van der Waals surface area contributed by atoms with E-state index in [9.17, 15) is 18.0 Å². The van der Waals surface area contributed by atoms with Crippen molar-refractivity contribution in [3.8, 4) is 5.75 Å². The van der Waals surface area contributed by atoms with Crippen LogP contribution in [0.25, 0.3) is 0 Å². The van der Waals surface area contributed by atoms with Crippen LogP contribution < -0.4 is 4.74 Å². The fraction of sp³-hybridized carbons (Fsp3) is 0.364. The van der Waals surface area contributed by atoms with E-state index in [2.05, 4.69) is 4.74 Å². The first-order valence-corrected chi connectivity index (χ1v) is 5.29. The van der Waals surface area contributed by atoms with Crippen LogP contribution in [0, 0.1) is 5.82 Å². The number of carbonyl (C=O) groups is 1. The topological polar surface area (TPSA) is 46.5 Å². The van der Waals surface area contributed by atoms with E-state index in [-0.39, 0.29) is 5.02 Å². The van der Waals surface area contributed by atoms with Gasteiger partial charge in [0.2, 0.25) is 0 Å². The highest BCUT2D eigenvalue weighted by Crippen LogP contribution is 2.63. The first-order valence-electron chi connectivity index (χ1n) is 4.91. The number of alkyl halides is 2. The van der Waals surface area contributed by atoms with Gasteiger partial charge in [-0.05, 0) is 12.1 Å². The Bertz CT molecular complexity index is 533. The van der Waals surface area contributed by atoms with Crippen LogP contribution >= 0.6 is 11.6 Å². The van der Waals surface area contributed by atoms with Gasteiger partial charge < -0.3 is 9.84 Å². The maximum absolute atomic E-state index is 13.5. The monoisotopic (exact) mass is 280 g/mol. The van der Waals surface area contributed by atoms with Crippen molar-refractivity contribution in [2.75, 3.05) is 7.11 Å². The minimum atomic E-state index is -3.44. The van der Waals surface area contributed by atoms with Crippen molar-refractivity contribution in [1.29, 1.82) is 0 Å². The molecule has 1 fully saturated rings. The predicted molar refractivity (Wildman–Crippen MR) is 56.8 cm³/mol. The van der Waals surface area contributed by atoms with Gasteiger partial charge in [0.1, 0.15) is 0 Å². The smallest absolute Gasteiger partial charge is 0.320 e. The Morgan fingerprint density at radius 3 is 2.44 bits per heavy atom. The summed E-state index contributed by atoms with van der Waals surface area (Å²) in [5.74, 6) is -6.65. The predicted octanol–water partition coefficient (Wildman–Crippen LogP) is 2.85. The Morgan fingerprint density at radius 2 is 2.06 bits per heavy atom. The van der Waals surface area contributed by atoms with Gasteiger partial charge in [0.05, 0.1) is 7.11 Å². The third-order valence-electron chi connectivity index (χ3n) is 3.02. The quantitative estimate of drug-likeness (QED) is 0.926. The minimum absolute atomic E-state index is 0.161. The highest BCUT2D eigenvalue weighted by molar-refractivity contribution is 6.30. The number of methoxy groups -OCH3 is 1. The van der Waals surface area contributed by atoms with E-state index in [1.165, 1.54) is 0 Å². The summed E-state index contributed by atoms with van der Waals surface area (Å²) in [5.41, 5.74) is -2.89. The van der Waals surface area contributed by atoms with Gasteiger partial charge in [-0.1, -0.05) is 11.6 Å². The van der Waals surface area contributed by atoms with Gasteiger partial charge in [-0.25, -0.2) is 13.2 Å². The van der Waals surface area contributed by atoms with E-state index < -0.39 is 40.9 Å². The van der Waals surface area contributed by atoms with Crippen LogP contribution in [0.15, 0.2) is 12.1 Å². The molecule has 0 saturated heterocycles. The molecule has 3 nitrogen and oxygen atoms in total. The van der Waals surface area contributed by atoms with Crippen molar-refractivity contribution < 1.29 is 27.8 Å². The van der Waals surface area contributed by atoms with E-state index in [0.29, 0.717) is 0 Å². The number of ether oxygens (including phenoxy) is 1. The maximum Gasteiger partial charge on any atom is 0.320 e. The summed E-state index contributed by atoms with van der Waals surface area (Å²) < 4.78 is 44.9. The van der Waals surface area contributed by atoms with E-state index in [1.54, 1.807) is 0 Å². The summed E-state index contributed by atoms with van der Waals surface area (Å²) in [7, 11) is 1.08. The molecule has 1 saturated carbocycles. The van der Waals surface area contributed by atoms with Crippen molar-refractivity contribution in [2.45, 2.75) is 17.8 Å². The lowest BCUT2D eigenvalue weighted by molar-refractivity contribution is -0.143. The molecular formula is C11H8ClF3O3. The van der Waals surface area contributed by atoms with Crippen LogP contribution in [0.4, 0.5) is 13.2 Å². The molecule has 1 unspecified atom stereocenters. The Balaban J connectivity index is 2.68. The number of halogens is 4. The molecule has 1 atom stereocenters. The lowest BCUT2D eigenvalue weighted by Crippen LogP contribution is -2.28. The molecule has 18 heavy (non-hydrogen) atoms. The normalized spacial score (nSPS) is 24.7. The summed E-state index contributed by atoms with van der Waals surface area (Å²) in [6.07, 6.45) is -0.897. The molecule has 0 amide bonds. The summed E-state index contributed by atoms with van der Waals surface area (Å²) in [5, 5.41) is 8.83. The summed E-state index contributed by atoms with van der Waals surface area (Å²) in [4.78, 5) is 11.1. The zero-order valence-corrected chi connectivity index (χ0v) is 9.89. The highest BCUT2D eigenvalue weighted by Gasteiger charge is 2.78. The number of hydrogen-bond acceptors (Lipinski definition) is 2. The van der Waals surface area contributed by atoms with Crippen molar-refractivity contribution in [3.63, 3.8) is 0 Å². The van der Waals surface area contributed by atoms with Crippen LogP contribution in [0.3, 0.4) is 0 Å². The SMILES string of the molecule is COc1c(F)cc(Cl)cc1C1(C(=O)O)CC1(F)F. The molecule has 1 N–H and O–H groups in total. The fourth-order valence-corrected chi connectivity index (χ4v) is 2.22. The molecular weight excluding hydrogens is 273 g/mol. The van der Waals surface area contributed by atoms with Gasteiger partial charge in [-0.3, -0.25) is 4.79 Å². The van der Waals surface area contributed by atoms with Gasteiger partial charge >= 0.3 is 5.97 Å². The molecule has 0 heterocycles. The van der Waals surface area contributed by atoms with E-state index in [4.69, 9.17) is 16.7 Å². The minimum Gasteiger partial charge on any atom is -0.493 e. The molecule has 0 spiro atoms. The summed E-state index contributed by atoms with van der Waals surface area (Å²) in [6, 6.07) is 1.87. The van der Waals surface area contributed by atoms with Crippen molar-refractivity contribution in [3.05, 3.63) is 28.5 Å². The maximum atomic E-state index is 13.5. The van der Waals surface area contributed by atoms with Gasteiger partial charge in [-0.15, -0.1) is 0 Å². The average molecular weight is 281 g/mol. The fourth-order valence-electron chi connectivity index (χ4n) is 2.01. The van der Waals surface area contributed by atoms with Gasteiger partial charge in [0.15, 0.2) is 17.0 Å². The summed E-state index contributed by atoms with van der Waals surface area (Å²) in [6.45, 7) is 0. The van der Waals surface area contributed by atoms with E-state index in [1.807, 2.05) is 0 Å². The Hall–Kier alpha value is -1.43. The van der Waals surface area contributed by atoms with Crippen molar-refractivity contribution >= 4 is 17.6 Å². The van der Waals surface area contributed by atoms with E-state index in [0.717, 1.165) is 19.2 Å². The second-order valence-electron chi connectivity index (χ2n) is 4.06. The second kappa shape index (κ2) is 3.78. The Kier molecular flexibility index (Phi) is 2.73. The van der Waals surface area contributed by atoms with Crippen molar-refractivity contribution in [1.82, 2.24) is 0 Å². The van der Waals surface area contributed by atoms with Gasteiger partial charge in [-0.2, -0.15) is 0 Å². The Labute approximate surface area is 105 Å². The number of benzene rings is 1. The zero-order valence-electron chi connectivity index (χ0n) is 9.14. The van der Waals surface area contributed by atoms with Crippen molar-refractivity contribution in [2.24, 2.45) is 0 Å². The Morgan fingerprint density at radius 1 is 1.50 bits per heavy atom. The van der Waals surface area contributed by atoms with Crippen LogP contribution in [0.2, 0.25) is 5.02 Å². The van der Waals surface area contributed by atoms with Crippen LogP contribution in [-0.4, -0.2) is 24.1 Å². The molecule has 2 rings (SSSR count). The molecule has 1 aliphatic rings.